The van der Waals surface area contributed by atoms with Crippen LogP contribution in [0.25, 0.3) is 10.1 Å². The molecule has 2 nitrogen and oxygen atoms in total. The molecule has 0 bridgehead atoms. The minimum Gasteiger partial charge on any atom is -0.499 e. The molecule has 1 heterocycles. The van der Waals surface area contributed by atoms with E-state index in [0.29, 0.717) is 5.06 Å². The van der Waals surface area contributed by atoms with Crippen LogP contribution >= 0.6 is 11.3 Å². The van der Waals surface area contributed by atoms with Gasteiger partial charge < -0.3 is 9.84 Å². The zero-order valence-corrected chi connectivity index (χ0v) is 7.39. The number of benzene rings is 1. The molecule has 0 saturated carbocycles. The largest absolute Gasteiger partial charge is 0.499 e. The third kappa shape index (κ3) is 1.02. The lowest BCUT2D eigenvalue weighted by Crippen LogP contribution is -1.80. The molecule has 1 aromatic heterocycles. The minimum absolute atomic E-state index is 0.328. The molecule has 0 aliphatic rings. The SMILES string of the molecule is COc1cccc2sc(O)cc12. The van der Waals surface area contributed by atoms with E-state index in [0.717, 1.165) is 15.8 Å². The molecule has 3 heteroatoms. The van der Waals surface area contributed by atoms with Gasteiger partial charge in [-0.1, -0.05) is 17.4 Å². The van der Waals surface area contributed by atoms with Crippen LogP contribution in [0.2, 0.25) is 0 Å². The molecule has 0 aliphatic carbocycles. The first kappa shape index (κ1) is 7.43. The average molecular weight is 180 g/mol. The second-order valence-corrected chi connectivity index (χ2v) is 3.52. The number of hydrogen-bond donors (Lipinski definition) is 1. The molecule has 0 saturated heterocycles. The lowest BCUT2D eigenvalue weighted by Gasteiger charge is -1.98. The Labute approximate surface area is 74.0 Å². The maximum absolute atomic E-state index is 9.24. The summed E-state index contributed by atoms with van der Waals surface area (Å²) < 4.78 is 6.18. The topological polar surface area (TPSA) is 29.5 Å². The van der Waals surface area contributed by atoms with Gasteiger partial charge in [0.2, 0.25) is 0 Å². The zero-order valence-electron chi connectivity index (χ0n) is 6.57. The molecule has 12 heavy (non-hydrogen) atoms. The molecule has 0 atom stereocenters. The number of aromatic hydroxyl groups is 1. The van der Waals surface area contributed by atoms with Gasteiger partial charge in [0.25, 0.3) is 0 Å². The highest BCUT2D eigenvalue weighted by Gasteiger charge is 2.04. The van der Waals surface area contributed by atoms with Gasteiger partial charge in [-0.05, 0) is 12.1 Å². The first-order valence-electron chi connectivity index (χ1n) is 3.57. The van der Waals surface area contributed by atoms with Crippen LogP contribution in [-0.2, 0) is 0 Å². The van der Waals surface area contributed by atoms with Crippen LogP contribution in [0, 0.1) is 0 Å². The fraction of sp³-hybridized carbons (Fsp3) is 0.111. The van der Waals surface area contributed by atoms with Gasteiger partial charge in [0, 0.05) is 16.2 Å². The van der Waals surface area contributed by atoms with Crippen LogP contribution in [0.3, 0.4) is 0 Å². The van der Waals surface area contributed by atoms with Crippen molar-refractivity contribution in [3.05, 3.63) is 24.3 Å². The van der Waals surface area contributed by atoms with Gasteiger partial charge in [0.15, 0.2) is 5.06 Å². The predicted octanol–water partition coefficient (Wildman–Crippen LogP) is 2.62. The van der Waals surface area contributed by atoms with Crippen molar-refractivity contribution < 1.29 is 9.84 Å². The maximum atomic E-state index is 9.24. The molecule has 2 rings (SSSR count). The van der Waals surface area contributed by atoms with E-state index < -0.39 is 0 Å². The van der Waals surface area contributed by atoms with E-state index in [2.05, 4.69) is 0 Å². The Kier molecular flexibility index (Phi) is 1.66. The molecule has 0 aliphatic heterocycles. The molecule has 2 aromatic rings. The third-order valence-corrected chi connectivity index (χ3v) is 2.63. The minimum atomic E-state index is 0.328. The quantitative estimate of drug-likeness (QED) is 0.731. The van der Waals surface area contributed by atoms with Crippen molar-refractivity contribution in [1.82, 2.24) is 0 Å². The number of thiophene rings is 1. The van der Waals surface area contributed by atoms with E-state index in [4.69, 9.17) is 4.74 Å². The van der Waals surface area contributed by atoms with E-state index in [9.17, 15) is 5.11 Å². The highest BCUT2D eigenvalue weighted by atomic mass is 32.1. The van der Waals surface area contributed by atoms with E-state index >= 15 is 0 Å². The second kappa shape index (κ2) is 2.68. The summed E-state index contributed by atoms with van der Waals surface area (Å²) in [6.07, 6.45) is 0. The summed E-state index contributed by atoms with van der Waals surface area (Å²) in [6, 6.07) is 7.48. The van der Waals surface area contributed by atoms with E-state index in [1.54, 1.807) is 13.2 Å². The Morgan fingerprint density at radius 3 is 3.00 bits per heavy atom. The Morgan fingerprint density at radius 2 is 2.25 bits per heavy atom. The summed E-state index contributed by atoms with van der Waals surface area (Å²) in [7, 11) is 1.63. The summed E-state index contributed by atoms with van der Waals surface area (Å²) in [5.41, 5.74) is 0. The smallest absolute Gasteiger partial charge is 0.172 e. The molecule has 62 valence electrons. The van der Waals surface area contributed by atoms with Crippen LogP contribution in [0.4, 0.5) is 0 Å². The van der Waals surface area contributed by atoms with Gasteiger partial charge in [-0.2, -0.15) is 0 Å². The normalized spacial score (nSPS) is 10.4. The highest BCUT2D eigenvalue weighted by Crippen LogP contribution is 2.35. The number of methoxy groups -OCH3 is 1. The molecule has 0 amide bonds. The number of hydrogen-bond acceptors (Lipinski definition) is 3. The van der Waals surface area contributed by atoms with Gasteiger partial charge in [0.05, 0.1) is 7.11 Å². The highest BCUT2D eigenvalue weighted by molar-refractivity contribution is 7.20. The Hall–Kier alpha value is -1.22. The van der Waals surface area contributed by atoms with Crippen LogP contribution in [0.1, 0.15) is 0 Å². The van der Waals surface area contributed by atoms with Crippen molar-refractivity contribution in [2.45, 2.75) is 0 Å². The second-order valence-electron chi connectivity index (χ2n) is 2.46. The van der Waals surface area contributed by atoms with Gasteiger partial charge in [-0.15, -0.1) is 0 Å². The molecular weight excluding hydrogens is 172 g/mol. The standard InChI is InChI=1S/C9H8O2S/c1-11-7-3-2-4-8-6(7)5-9(10)12-8/h2-5,10H,1H3. The lowest BCUT2D eigenvalue weighted by atomic mass is 10.2. The van der Waals surface area contributed by atoms with Crippen LogP contribution in [0.15, 0.2) is 24.3 Å². The molecule has 0 fully saturated rings. The van der Waals surface area contributed by atoms with Gasteiger partial charge in [-0.25, -0.2) is 0 Å². The average Bonchev–Trinajstić information content (AvgIpc) is 2.44. The maximum Gasteiger partial charge on any atom is 0.172 e. The third-order valence-electron chi connectivity index (χ3n) is 1.73. The molecule has 1 aromatic carbocycles. The summed E-state index contributed by atoms with van der Waals surface area (Å²) >= 11 is 1.36. The zero-order chi connectivity index (χ0) is 8.55. The van der Waals surface area contributed by atoms with Gasteiger partial charge >= 0.3 is 0 Å². The Bertz CT molecular complexity index is 406. The van der Waals surface area contributed by atoms with Crippen LogP contribution < -0.4 is 4.74 Å². The first-order valence-corrected chi connectivity index (χ1v) is 4.38. The summed E-state index contributed by atoms with van der Waals surface area (Å²) in [4.78, 5) is 0. The van der Waals surface area contributed by atoms with E-state index in [1.807, 2.05) is 18.2 Å². The summed E-state index contributed by atoms with van der Waals surface area (Å²) in [5.74, 6) is 0.809. The van der Waals surface area contributed by atoms with Crippen LogP contribution in [0.5, 0.6) is 10.8 Å². The van der Waals surface area contributed by atoms with Crippen molar-refractivity contribution in [2.75, 3.05) is 7.11 Å². The number of ether oxygens (including phenoxy) is 1. The predicted molar refractivity (Wildman–Crippen MR) is 50.0 cm³/mol. The van der Waals surface area contributed by atoms with Crippen molar-refractivity contribution in [1.29, 1.82) is 0 Å². The monoisotopic (exact) mass is 180 g/mol. The lowest BCUT2D eigenvalue weighted by molar-refractivity contribution is 0.419. The fourth-order valence-electron chi connectivity index (χ4n) is 1.20. The summed E-state index contributed by atoms with van der Waals surface area (Å²) in [5, 5.41) is 10.5. The number of fused-ring (bicyclic) bond motifs is 1. The van der Waals surface area contributed by atoms with Gasteiger partial charge in [-0.3, -0.25) is 0 Å². The Balaban J connectivity index is 2.78. The molecule has 0 unspecified atom stereocenters. The number of rotatable bonds is 1. The molecule has 1 N–H and O–H groups in total. The fourth-order valence-corrected chi connectivity index (χ4v) is 2.02. The van der Waals surface area contributed by atoms with Crippen LogP contribution in [-0.4, -0.2) is 12.2 Å². The van der Waals surface area contributed by atoms with Crippen molar-refractivity contribution >= 4 is 21.4 Å². The van der Waals surface area contributed by atoms with E-state index in [1.165, 1.54) is 11.3 Å². The first-order chi connectivity index (χ1) is 5.81. The summed E-state index contributed by atoms with van der Waals surface area (Å²) in [6.45, 7) is 0. The van der Waals surface area contributed by atoms with Gasteiger partial charge in [0.1, 0.15) is 5.75 Å². The van der Waals surface area contributed by atoms with Crippen molar-refractivity contribution in [2.24, 2.45) is 0 Å². The molecule has 0 spiro atoms. The molecule has 0 radical (unpaired) electrons. The Morgan fingerprint density at radius 1 is 1.42 bits per heavy atom. The molecular formula is C9H8O2S. The van der Waals surface area contributed by atoms with Crippen molar-refractivity contribution in [3.8, 4) is 10.8 Å². The van der Waals surface area contributed by atoms with Crippen molar-refractivity contribution in [3.63, 3.8) is 0 Å². The van der Waals surface area contributed by atoms with E-state index in [-0.39, 0.29) is 0 Å².